The van der Waals surface area contributed by atoms with Crippen LogP contribution in [0.4, 0.5) is 0 Å². The van der Waals surface area contributed by atoms with Crippen LogP contribution >= 0.6 is 11.6 Å². The van der Waals surface area contributed by atoms with E-state index in [9.17, 15) is 14.4 Å². The zero-order chi connectivity index (χ0) is 24.2. The number of nitrogens with zero attached hydrogens (tertiary/aromatic N) is 4. The number of aromatic nitrogens is 4. The van der Waals surface area contributed by atoms with Gasteiger partial charge in [0.25, 0.3) is 11.5 Å². The summed E-state index contributed by atoms with van der Waals surface area (Å²) in [7, 11) is 0. The third-order valence-corrected chi connectivity index (χ3v) is 5.87. The summed E-state index contributed by atoms with van der Waals surface area (Å²) in [6.07, 6.45) is 3.21. The molecular weight excluding hydrogens is 454 g/mol. The highest BCUT2D eigenvalue weighted by Gasteiger charge is 2.21. The van der Waals surface area contributed by atoms with Gasteiger partial charge in [-0.25, -0.2) is 4.79 Å². The molecule has 0 saturated heterocycles. The number of carbonyl (C=O) groups is 1. The number of hydrogen-bond acceptors (Lipinski definition) is 5. The monoisotopic (exact) mass is 475 g/mol. The van der Waals surface area contributed by atoms with Crippen molar-refractivity contribution in [3.63, 3.8) is 0 Å². The molecule has 8 nitrogen and oxygen atoms in total. The number of amides is 1. The van der Waals surface area contributed by atoms with Crippen molar-refractivity contribution in [2.75, 3.05) is 0 Å². The summed E-state index contributed by atoms with van der Waals surface area (Å²) < 4.78 is 2.05. The van der Waals surface area contributed by atoms with Crippen LogP contribution in [-0.4, -0.2) is 25.2 Å². The normalized spacial score (nSPS) is 10.8. The summed E-state index contributed by atoms with van der Waals surface area (Å²) in [6, 6.07) is 15.9. The molecule has 2 aromatic heterocycles. The molecule has 0 radical (unpaired) electrons. The van der Waals surface area contributed by atoms with Gasteiger partial charge in [0, 0.05) is 24.0 Å². The molecule has 4 aromatic rings. The highest BCUT2D eigenvalue weighted by molar-refractivity contribution is 6.31. The molecule has 0 aliphatic heterocycles. The van der Waals surface area contributed by atoms with Crippen molar-refractivity contribution >= 4 is 17.5 Å². The van der Waals surface area contributed by atoms with Crippen molar-refractivity contribution in [2.24, 2.45) is 0 Å². The van der Waals surface area contributed by atoms with Gasteiger partial charge in [0.2, 0.25) is 5.69 Å². The molecular formula is C25H22ClN5O3. The molecule has 0 fully saturated rings. The van der Waals surface area contributed by atoms with Crippen LogP contribution in [0.25, 0.3) is 5.69 Å². The lowest BCUT2D eigenvalue weighted by Crippen LogP contribution is -2.46. The fourth-order valence-corrected chi connectivity index (χ4v) is 3.58. The summed E-state index contributed by atoms with van der Waals surface area (Å²) in [5.74, 6) is -0.688. The van der Waals surface area contributed by atoms with E-state index in [-0.39, 0.29) is 18.8 Å². The van der Waals surface area contributed by atoms with E-state index in [0.29, 0.717) is 10.7 Å². The topological polar surface area (TPSA) is 98.9 Å². The molecule has 0 aliphatic carbocycles. The first-order valence-corrected chi connectivity index (χ1v) is 11.0. The summed E-state index contributed by atoms with van der Waals surface area (Å²) in [5, 5.41) is 7.27. The molecule has 2 heterocycles. The lowest BCUT2D eigenvalue weighted by atomic mass is 10.1. The highest BCUT2D eigenvalue weighted by atomic mass is 35.5. The molecule has 1 N–H and O–H groups in total. The number of hydrogen-bond donors (Lipinski definition) is 1. The molecule has 1 amide bonds. The Kier molecular flexibility index (Phi) is 6.70. The van der Waals surface area contributed by atoms with Gasteiger partial charge in [-0.2, -0.15) is 9.78 Å². The van der Waals surface area contributed by atoms with E-state index in [0.717, 1.165) is 31.5 Å². The van der Waals surface area contributed by atoms with Gasteiger partial charge in [0.1, 0.15) is 0 Å². The Morgan fingerprint density at radius 1 is 1.00 bits per heavy atom. The second-order valence-corrected chi connectivity index (χ2v) is 8.24. The molecule has 0 saturated carbocycles. The number of carbonyl (C=O) groups excluding carboxylic acids is 1. The lowest BCUT2D eigenvalue weighted by molar-refractivity contribution is 0.0941. The predicted molar refractivity (Wildman–Crippen MR) is 130 cm³/mol. The molecule has 2 aromatic carbocycles. The molecule has 0 atom stereocenters. The Hall–Kier alpha value is -4.04. The second-order valence-electron chi connectivity index (χ2n) is 7.83. The van der Waals surface area contributed by atoms with Crippen molar-refractivity contribution in [3.8, 4) is 5.69 Å². The number of aryl methyl sites for hydroxylation is 2. The minimum atomic E-state index is -0.769. The van der Waals surface area contributed by atoms with E-state index in [1.54, 1.807) is 42.7 Å². The summed E-state index contributed by atoms with van der Waals surface area (Å²) in [6.45, 7) is 3.90. The van der Waals surface area contributed by atoms with Crippen LogP contribution in [0.1, 0.15) is 32.7 Å². The first kappa shape index (κ1) is 23.1. The molecule has 34 heavy (non-hydrogen) atoms. The highest BCUT2D eigenvalue weighted by Crippen LogP contribution is 2.18. The minimum Gasteiger partial charge on any atom is -0.346 e. The third-order valence-electron chi connectivity index (χ3n) is 5.47. The molecule has 172 valence electrons. The van der Waals surface area contributed by atoms with E-state index < -0.39 is 17.2 Å². The number of nitrogens with one attached hydrogen (secondary N) is 1. The smallest absolute Gasteiger partial charge is 0.346 e. The quantitative estimate of drug-likeness (QED) is 0.462. The maximum absolute atomic E-state index is 13.3. The van der Waals surface area contributed by atoms with Crippen LogP contribution < -0.4 is 16.6 Å². The zero-order valence-electron chi connectivity index (χ0n) is 18.7. The summed E-state index contributed by atoms with van der Waals surface area (Å²) in [5.41, 5.74) is 1.85. The van der Waals surface area contributed by atoms with Gasteiger partial charge in [-0.1, -0.05) is 41.9 Å². The van der Waals surface area contributed by atoms with Gasteiger partial charge in [-0.05, 0) is 60.4 Å². The van der Waals surface area contributed by atoms with Gasteiger partial charge in [-0.3, -0.25) is 19.1 Å². The number of halogens is 1. The maximum atomic E-state index is 13.3. The SMILES string of the molecule is Cc1ccc(-n2nc(C(=O)NCc3ccncc3)c(=O)n(Cc3ccccc3C)c2=O)cc1Cl. The molecule has 0 spiro atoms. The van der Waals surface area contributed by atoms with Crippen LogP contribution in [0.15, 0.2) is 76.6 Å². The van der Waals surface area contributed by atoms with Crippen LogP contribution in [0.2, 0.25) is 5.02 Å². The predicted octanol–water partition coefficient (Wildman–Crippen LogP) is 3.04. The van der Waals surface area contributed by atoms with Crippen molar-refractivity contribution in [3.05, 3.63) is 121 Å². The summed E-state index contributed by atoms with van der Waals surface area (Å²) >= 11 is 6.26. The van der Waals surface area contributed by atoms with E-state index in [1.165, 1.54) is 0 Å². The maximum Gasteiger partial charge on any atom is 0.352 e. The van der Waals surface area contributed by atoms with Gasteiger partial charge in [0.15, 0.2) is 0 Å². The Balaban J connectivity index is 1.82. The molecule has 4 rings (SSSR count). The standard InChI is InChI=1S/C25H22ClN5O3/c1-16-5-3-4-6-19(16)15-30-24(33)22(23(32)28-14-18-9-11-27-12-10-18)29-31(25(30)34)20-8-7-17(2)21(26)13-20/h3-13H,14-15H2,1-2H3,(H,28,32). The van der Waals surface area contributed by atoms with Crippen LogP contribution in [0.3, 0.4) is 0 Å². The Morgan fingerprint density at radius 3 is 2.44 bits per heavy atom. The average molecular weight is 476 g/mol. The van der Waals surface area contributed by atoms with Crippen molar-refractivity contribution in [1.82, 2.24) is 24.6 Å². The van der Waals surface area contributed by atoms with E-state index in [4.69, 9.17) is 11.6 Å². The third kappa shape index (κ3) is 4.82. The number of benzene rings is 2. The Bertz CT molecular complexity index is 1480. The molecule has 9 heteroatoms. The van der Waals surface area contributed by atoms with Gasteiger partial charge in [-0.15, -0.1) is 0 Å². The largest absolute Gasteiger partial charge is 0.352 e. The van der Waals surface area contributed by atoms with Crippen molar-refractivity contribution in [1.29, 1.82) is 0 Å². The number of pyridine rings is 1. The van der Waals surface area contributed by atoms with Crippen molar-refractivity contribution in [2.45, 2.75) is 26.9 Å². The first-order chi connectivity index (χ1) is 16.3. The number of rotatable bonds is 6. The summed E-state index contributed by atoms with van der Waals surface area (Å²) in [4.78, 5) is 43.5. The molecule has 0 bridgehead atoms. The lowest BCUT2D eigenvalue weighted by Gasteiger charge is -2.14. The van der Waals surface area contributed by atoms with E-state index in [2.05, 4.69) is 15.4 Å². The van der Waals surface area contributed by atoms with E-state index in [1.807, 2.05) is 38.1 Å². The van der Waals surface area contributed by atoms with Crippen LogP contribution in [-0.2, 0) is 13.1 Å². The zero-order valence-corrected chi connectivity index (χ0v) is 19.4. The Morgan fingerprint density at radius 2 is 1.74 bits per heavy atom. The fourth-order valence-electron chi connectivity index (χ4n) is 3.40. The molecule has 0 unspecified atom stereocenters. The van der Waals surface area contributed by atoms with Crippen LogP contribution in [0.5, 0.6) is 0 Å². The second kappa shape index (κ2) is 9.84. The van der Waals surface area contributed by atoms with E-state index >= 15 is 0 Å². The average Bonchev–Trinajstić information content (AvgIpc) is 2.84. The minimum absolute atomic E-state index is 0.00289. The van der Waals surface area contributed by atoms with Gasteiger partial charge < -0.3 is 5.32 Å². The van der Waals surface area contributed by atoms with Crippen molar-refractivity contribution < 1.29 is 4.79 Å². The van der Waals surface area contributed by atoms with Gasteiger partial charge >= 0.3 is 5.69 Å². The fraction of sp³-hybridized carbons (Fsp3) is 0.160. The van der Waals surface area contributed by atoms with Crippen LogP contribution in [0, 0.1) is 13.8 Å². The first-order valence-electron chi connectivity index (χ1n) is 10.6. The van der Waals surface area contributed by atoms with Gasteiger partial charge in [0.05, 0.1) is 12.2 Å². The Labute approximate surface area is 200 Å². The molecule has 0 aliphatic rings.